The summed E-state index contributed by atoms with van der Waals surface area (Å²) in [6.45, 7) is 5.58. The number of piperazine rings is 1. The molecule has 0 spiro atoms. The first-order valence-corrected chi connectivity index (χ1v) is 8.46. The number of nitrogens with one attached hydrogen (secondary N) is 2. The van der Waals surface area contributed by atoms with E-state index in [-0.39, 0.29) is 24.3 Å². The predicted octanol–water partition coefficient (Wildman–Crippen LogP) is 0.919. The van der Waals surface area contributed by atoms with E-state index in [1.807, 2.05) is 36.9 Å². The smallest absolute Gasteiger partial charge is 0.237 e. The Kier molecular flexibility index (Phi) is 6.64. The molecular formula is C18H27N3O4. The van der Waals surface area contributed by atoms with Crippen LogP contribution >= 0.6 is 0 Å². The molecule has 1 fully saturated rings. The second-order valence-corrected chi connectivity index (χ2v) is 6.38. The highest BCUT2D eigenvalue weighted by molar-refractivity contribution is 5.88. The van der Waals surface area contributed by atoms with Gasteiger partial charge in [-0.3, -0.25) is 14.5 Å². The zero-order chi connectivity index (χ0) is 18.4. The molecule has 2 rings (SSSR count). The number of ether oxygens (including phenoxy) is 2. The van der Waals surface area contributed by atoms with E-state index >= 15 is 0 Å². The molecule has 1 heterocycles. The van der Waals surface area contributed by atoms with Gasteiger partial charge in [0.1, 0.15) is 11.5 Å². The Balaban J connectivity index is 2.14. The Morgan fingerprint density at radius 1 is 1.36 bits per heavy atom. The van der Waals surface area contributed by atoms with E-state index < -0.39 is 6.04 Å². The van der Waals surface area contributed by atoms with Crippen LogP contribution in [0.3, 0.4) is 0 Å². The van der Waals surface area contributed by atoms with E-state index in [0.717, 1.165) is 5.56 Å². The van der Waals surface area contributed by atoms with Crippen LogP contribution in [0.5, 0.6) is 11.5 Å². The molecule has 1 aromatic carbocycles. The van der Waals surface area contributed by atoms with Gasteiger partial charge in [0.05, 0.1) is 26.7 Å². The molecule has 138 valence electrons. The highest BCUT2D eigenvalue weighted by Gasteiger charge is 2.32. The minimum atomic E-state index is -0.487. The van der Waals surface area contributed by atoms with Crippen LogP contribution in [0, 0.1) is 0 Å². The predicted molar refractivity (Wildman–Crippen MR) is 94.6 cm³/mol. The molecule has 1 aromatic rings. The average molecular weight is 349 g/mol. The second kappa shape index (κ2) is 8.71. The first-order valence-electron chi connectivity index (χ1n) is 8.46. The summed E-state index contributed by atoms with van der Waals surface area (Å²) in [6.07, 6.45) is 0.141. The average Bonchev–Trinajstić information content (AvgIpc) is 2.57. The van der Waals surface area contributed by atoms with Crippen LogP contribution in [0.1, 0.15) is 25.8 Å². The summed E-state index contributed by atoms with van der Waals surface area (Å²) in [7, 11) is 3.21. The molecule has 0 aliphatic carbocycles. The van der Waals surface area contributed by atoms with Crippen LogP contribution in [-0.4, -0.2) is 56.1 Å². The molecule has 0 bridgehead atoms. The molecule has 2 N–H and O–H groups in total. The van der Waals surface area contributed by atoms with Gasteiger partial charge in [-0.25, -0.2) is 0 Å². The first-order chi connectivity index (χ1) is 11.9. The van der Waals surface area contributed by atoms with Gasteiger partial charge >= 0.3 is 0 Å². The lowest BCUT2D eigenvalue weighted by Gasteiger charge is -2.35. The molecule has 0 aromatic heterocycles. The van der Waals surface area contributed by atoms with E-state index in [1.165, 1.54) is 0 Å². The minimum absolute atomic E-state index is 0.0503. The van der Waals surface area contributed by atoms with Gasteiger partial charge in [-0.15, -0.1) is 0 Å². The number of benzene rings is 1. The number of methoxy groups -OCH3 is 2. The van der Waals surface area contributed by atoms with Crippen molar-refractivity contribution in [3.05, 3.63) is 23.8 Å². The fourth-order valence-corrected chi connectivity index (χ4v) is 2.93. The summed E-state index contributed by atoms with van der Waals surface area (Å²) in [5.41, 5.74) is 0.951. The molecule has 7 heteroatoms. The van der Waals surface area contributed by atoms with Crippen LogP contribution in [-0.2, 0) is 16.1 Å². The van der Waals surface area contributed by atoms with Crippen LogP contribution < -0.4 is 20.1 Å². The van der Waals surface area contributed by atoms with Crippen molar-refractivity contribution in [2.24, 2.45) is 0 Å². The van der Waals surface area contributed by atoms with Gasteiger partial charge in [-0.05, 0) is 19.9 Å². The van der Waals surface area contributed by atoms with Gasteiger partial charge in [0, 0.05) is 37.3 Å². The van der Waals surface area contributed by atoms with E-state index in [4.69, 9.17) is 9.47 Å². The molecule has 1 aliphatic rings. The number of nitrogens with zero attached hydrogens (tertiary/aromatic N) is 1. The number of hydrogen-bond donors (Lipinski definition) is 2. The van der Waals surface area contributed by atoms with Gasteiger partial charge in [-0.1, -0.05) is 6.07 Å². The Morgan fingerprint density at radius 3 is 2.76 bits per heavy atom. The Bertz CT molecular complexity index is 618. The quantitative estimate of drug-likeness (QED) is 0.765. The SMILES string of the molecule is COc1ccc(CN2CCNC(=O)[C@H]2CC(=O)NC(C)C)c(OC)c1. The maximum Gasteiger partial charge on any atom is 0.237 e. The molecule has 1 atom stereocenters. The fraction of sp³-hybridized carbons (Fsp3) is 0.556. The molecule has 1 aliphatic heterocycles. The summed E-state index contributed by atoms with van der Waals surface area (Å²) < 4.78 is 10.7. The van der Waals surface area contributed by atoms with Gasteiger partial charge < -0.3 is 20.1 Å². The molecule has 25 heavy (non-hydrogen) atoms. The highest BCUT2D eigenvalue weighted by Crippen LogP contribution is 2.27. The Labute approximate surface area is 148 Å². The van der Waals surface area contributed by atoms with Gasteiger partial charge in [-0.2, -0.15) is 0 Å². The maximum atomic E-state index is 12.3. The van der Waals surface area contributed by atoms with Crippen LogP contribution in [0.4, 0.5) is 0 Å². The molecule has 1 saturated heterocycles. The lowest BCUT2D eigenvalue weighted by atomic mass is 10.1. The third-order valence-electron chi connectivity index (χ3n) is 4.14. The summed E-state index contributed by atoms with van der Waals surface area (Å²) in [4.78, 5) is 26.4. The number of amides is 2. The monoisotopic (exact) mass is 349 g/mol. The van der Waals surface area contributed by atoms with Gasteiger partial charge in [0.15, 0.2) is 0 Å². The summed E-state index contributed by atoms with van der Waals surface area (Å²) >= 11 is 0. The highest BCUT2D eigenvalue weighted by atomic mass is 16.5. The second-order valence-electron chi connectivity index (χ2n) is 6.38. The number of rotatable bonds is 7. The molecular weight excluding hydrogens is 322 g/mol. The third-order valence-corrected chi connectivity index (χ3v) is 4.14. The lowest BCUT2D eigenvalue weighted by molar-refractivity contribution is -0.134. The van der Waals surface area contributed by atoms with Crippen molar-refractivity contribution in [3.8, 4) is 11.5 Å². The Hall–Kier alpha value is -2.28. The van der Waals surface area contributed by atoms with E-state index in [9.17, 15) is 9.59 Å². The van der Waals surface area contributed by atoms with Crippen LogP contribution in [0.25, 0.3) is 0 Å². The fourth-order valence-electron chi connectivity index (χ4n) is 2.93. The summed E-state index contributed by atoms with van der Waals surface area (Å²) in [5.74, 6) is 1.18. The molecule has 2 amide bonds. The van der Waals surface area contributed by atoms with Crippen molar-refractivity contribution in [2.75, 3.05) is 27.3 Å². The summed E-state index contributed by atoms with van der Waals surface area (Å²) in [6, 6.07) is 5.17. The minimum Gasteiger partial charge on any atom is -0.497 e. The van der Waals surface area contributed by atoms with Gasteiger partial charge in [0.2, 0.25) is 11.8 Å². The molecule has 0 unspecified atom stereocenters. The zero-order valence-corrected chi connectivity index (χ0v) is 15.3. The lowest BCUT2D eigenvalue weighted by Crippen LogP contribution is -2.56. The van der Waals surface area contributed by atoms with Crippen molar-refractivity contribution in [1.82, 2.24) is 15.5 Å². The third kappa shape index (κ3) is 5.09. The largest absolute Gasteiger partial charge is 0.497 e. The Morgan fingerprint density at radius 2 is 2.12 bits per heavy atom. The zero-order valence-electron chi connectivity index (χ0n) is 15.3. The van der Waals surface area contributed by atoms with E-state index in [1.54, 1.807) is 14.2 Å². The molecule has 7 nitrogen and oxygen atoms in total. The standard InChI is InChI=1S/C18H27N3O4/c1-12(2)20-17(22)10-15-18(23)19-7-8-21(15)11-13-5-6-14(24-3)9-16(13)25-4/h5-6,9,12,15H,7-8,10-11H2,1-4H3,(H,19,23)(H,20,22)/t15-/m1/s1. The van der Waals surface area contributed by atoms with Crippen LogP contribution in [0.15, 0.2) is 18.2 Å². The first kappa shape index (κ1) is 19.1. The topological polar surface area (TPSA) is 79.9 Å². The summed E-state index contributed by atoms with van der Waals surface area (Å²) in [5, 5.41) is 5.69. The number of hydrogen-bond acceptors (Lipinski definition) is 5. The van der Waals surface area contributed by atoms with Crippen molar-refractivity contribution in [3.63, 3.8) is 0 Å². The number of carbonyl (C=O) groups is 2. The van der Waals surface area contributed by atoms with Gasteiger partial charge in [0.25, 0.3) is 0 Å². The van der Waals surface area contributed by atoms with E-state index in [2.05, 4.69) is 10.6 Å². The van der Waals surface area contributed by atoms with Crippen LogP contribution in [0.2, 0.25) is 0 Å². The van der Waals surface area contributed by atoms with E-state index in [0.29, 0.717) is 31.1 Å². The van der Waals surface area contributed by atoms with Crippen molar-refractivity contribution in [2.45, 2.75) is 38.9 Å². The number of carbonyl (C=O) groups excluding carboxylic acids is 2. The molecule has 0 radical (unpaired) electrons. The maximum absolute atomic E-state index is 12.3. The molecule has 0 saturated carbocycles. The van der Waals surface area contributed by atoms with Crippen molar-refractivity contribution < 1.29 is 19.1 Å². The van der Waals surface area contributed by atoms with Crippen molar-refractivity contribution >= 4 is 11.8 Å². The normalized spacial score (nSPS) is 18.0. The van der Waals surface area contributed by atoms with Crippen molar-refractivity contribution in [1.29, 1.82) is 0 Å².